The molecule has 0 heterocycles. The minimum absolute atomic E-state index is 0.313. The Hall–Kier alpha value is -6.62. The lowest BCUT2D eigenvalue weighted by Gasteiger charge is -2.08. The van der Waals surface area contributed by atoms with Crippen molar-refractivity contribution in [1.82, 2.24) is 0 Å². The Labute approximate surface area is 328 Å². The van der Waals surface area contributed by atoms with Gasteiger partial charge in [0.2, 0.25) is 0 Å². The smallest absolute Gasteiger partial charge is 0.343 e. The predicted octanol–water partition coefficient (Wildman–Crippen LogP) is 9.06. The third-order valence-corrected chi connectivity index (χ3v) is 8.11. The molecule has 0 aliphatic rings. The lowest BCUT2D eigenvalue weighted by molar-refractivity contribution is -0.138. The van der Waals surface area contributed by atoms with E-state index < -0.39 is 17.9 Å². The van der Waals surface area contributed by atoms with E-state index in [1.807, 2.05) is 74.5 Å². The maximum atomic E-state index is 12.8. The van der Waals surface area contributed by atoms with E-state index in [-0.39, 0.29) is 0 Å². The number of hydrogen-bond acceptors (Lipinski definition) is 11. The van der Waals surface area contributed by atoms with Crippen molar-refractivity contribution in [2.24, 2.45) is 15.2 Å². The standard InChI is InChI=1S/C45H47N3O8/c1-5-42(36-16-26-41(27-17-36)56-45(51)37-18-24-40(25-19-37)53-29-9-11-31-55-44(50)7-3)48-47-33(4)35-14-20-38(21-15-35)46-32-34-12-22-39(23-13-34)52-28-8-10-30-54-43(49)6-2/h6-7,12-27,32H,2-3,5,8-11,28-31H2,1,4H3. The van der Waals surface area contributed by atoms with Gasteiger partial charge in [0.1, 0.15) is 17.2 Å². The van der Waals surface area contributed by atoms with Crippen molar-refractivity contribution in [3.63, 3.8) is 0 Å². The summed E-state index contributed by atoms with van der Waals surface area (Å²) in [6.45, 7) is 12.3. The summed E-state index contributed by atoms with van der Waals surface area (Å²) in [7, 11) is 0. The van der Waals surface area contributed by atoms with Crippen LogP contribution in [0.25, 0.3) is 0 Å². The minimum Gasteiger partial charge on any atom is -0.494 e. The fraction of sp³-hybridized carbons (Fsp3) is 0.244. The molecule has 0 fully saturated rings. The van der Waals surface area contributed by atoms with Gasteiger partial charge < -0.3 is 23.7 Å². The fourth-order valence-electron chi connectivity index (χ4n) is 4.93. The molecule has 0 aliphatic carbocycles. The Balaban J connectivity index is 1.22. The zero-order valence-electron chi connectivity index (χ0n) is 31.9. The Bertz CT molecular complexity index is 1980. The van der Waals surface area contributed by atoms with Crippen LogP contribution in [0.1, 0.15) is 73.0 Å². The molecular formula is C45H47N3O8. The number of aliphatic imine (C=N–C) groups is 1. The lowest BCUT2D eigenvalue weighted by atomic mass is 10.1. The molecular weight excluding hydrogens is 711 g/mol. The lowest BCUT2D eigenvalue weighted by Crippen LogP contribution is -2.09. The molecule has 4 aromatic rings. The van der Waals surface area contributed by atoms with E-state index in [9.17, 15) is 14.4 Å². The van der Waals surface area contributed by atoms with Crippen LogP contribution < -0.4 is 14.2 Å². The average Bonchev–Trinajstić information content (AvgIpc) is 3.23. The zero-order valence-corrected chi connectivity index (χ0v) is 31.9. The quantitative estimate of drug-likeness (QED) is 0.0194. The Morgan fingerprint density at radius 1 is 0.589 bits per heavy atom. The number of nitrogens with zero attached hydrogens (tertiary/aromatic N) is 3. The molecule has 0 radical (unpaired) electrons. The van der Waals surface area contributed by atoms with Gasteiger partial charge in [0.25, 0.3) is 0 Å². The number of ether oxygens (including phenoxy) is 5. The molecule has 11 nitrogen and oxygen atoms in total. The molecule has 56 heavy (non-hydrogen) atoms. The van der Waals surface area contributed by atoms with Gasteiger partial charge >= 0.3 is 17.9 Å². The van der Waals surface area contributed by atoms with Gasteiger partial charge in [-0.25, -0.2) is 14.4 Å². The van der Waals surface area contributed by atoms with Gasteiger partial charge in [0, 0.05) is 18.4 Å². The first-order valence-corrected chi connectivity index (χ1v) is 18.4. The van der Waals surface area contributed by atoms with Crippen molar-refractivity contribution in [2.75, 3.05) is 26.4 Å². The highest BCUT2D eigenvalue weighted by atomic mass is 16.5. The van der Waals surface area contributed by atoms with Gasteiger partial charge in [-0.2, -0.15) is 10.2 Å². The molecule has 0 spiro atoms. The first-order chi connectivity index (χ1) is 27.3. The second-order valence-electron chi connectivity index (χ2n) is 12.3. The topological polar surface area (TPSA) is 134 Å². The number of esters is 3. The maximum Gasteiger partial charge on any atom is 0.343 e. The summed E-state index contributed by atoms with van der Waals surface area (Å²) in [6, 6.07) is 29.4. The van der Waals surface area contributed by atoms with Gasteiger partial charge in [-0.05, 0) is 141 Å². The molecule has 0 atom stereocenters. The monoisotopic (exact) mass is 757 g/mol. The maximum absolute atomic E-state index is 12.8. The molecule has 4 aromatic carbocycles. The first-order valence-electron chi connectivity index (χ1n) is 18.4. The Morgan fingerprint density at radius 2 is 1.07 bits per heavy atom. The van der Waals surface area contributed by atoms with Crippen molar-refractivity contribution < 1.29 is 38.1 Å². The molecule has 0 bridgehead atoms. The molecule has 0 aromatic heterocycles. The molecule has 0 saturated carbocycles. The minimum atomic E-state index is -0.481. The number of unbranched alkanes of at least 4 members (excludes halogenated alkanes) is 2. The van der Waals surface area contributed by atoms with E-state index in [0.29, 0.717) is 62.8 Å². The van der Waals surface area contributed by atoms with Crippen LogP contribution in [0.4, 0.5) is 5.69 Å². The summed E-state index contributed by atoms with van der Waals surface area (Å²) >= 11 is 0. The molecule has 0 N–H and O–H groups in total. The van der Waals surface area contributed by atoms with Crippen LogP contribution in [0.15, 0.2) is 138 Å². The highest BCUT2D eigenvalue weighted by Crippen LogP contribution is 2.19. The Kier molecular flexibility index (Phi) is 17.5. The van der Waals surface area contributed by atoms with Crippen LogP contribution in [0.2, 0.25) is 0 Å². The van der Waals surface area contributed by atoms with Crippen LogP contribution in [0, 0.1) is 0 Å². The van der Waals surface area contributed by atoms with Crippen molar-refractivity contribution in [2.45, 2.75) is 46.0 Å². The van der Waals surface area contributed by atoms with Crippen molar-refractivity contribution in [3.05, 3.63) is 145 Å². The summed E-state index contributed by atoms with van der Waals surface area (Å²) in [5, 5.41) is 9.02. The predicted molar refractivity (Wildman–Crippen MR) is 219 cm³/mol. The van der Waals surface area contributed by atoms with Crippen LogP contribution in [-0.4, -0.2) is 62.0 Å². The van der Waals surface area contributed by atoms with Crippen LogP contribution >= 0.6 is 0 Å². The SMILES string of the molecule is C=CC(=O)OCCCCOc1ccc(C=Nc2ccc(C(C)=NN=C(CC)c3ccc(OC(=O)c4ccc(OCCCCOC(=O)C=C)cc4)cc3)cc2)cc1. The van der Waals surface area contributed by atoms with Gasteiger partial charge in [-0.15, -0.1) is 0 Å². The molecule has 0 amide bonds. The average molecular weight is 758 g/mol. The van der Waals surface area contributed by atoms with E-state index in [0.717, 1.165) is 64.5 Å². The van der Waals surface area contributed by atoms with E-state index in [4.69, 9.17) is 23.7 Å². The first kappa shape index (κ1) is 42.1. The summed E-state index contributed by atoms with van der Waals surface area (Å²) in [5.74, 6) is 0.468. The van der Waals surface area contributed by atoms with E-state index in [2.05, 4.69) is 28.4 Å². The number of hydrogen-bond donors (Lipinski definition) is 0. The van der Waals surface area contributed by atoms with Crippen LogP contribution in [0.3, 0.4) is 0 Å². The fourth-order valence-corrected chi connectivity index (χ4v) is 4.93. The zero-order chi connectivity index (χ0) is 40.0. The van der Waals surface area contributed by atoms with Crippen molar-refractivity contribution in [1.29, 1.82) is 0 Å². The molecule has 11 heteroatoms. The van der Waals surface area contributed by atoms with Gasteiger partial charge in [0.05, 0.1) is 49.1 Å². The second kappa shape index (κ2) is 23.2. The van der Waals surface area contributed by atoms with E-state index in [1.165, 1.54) is 0 Å². The Morgan fingerprint density at radius 3 is 1.61 bits per heavy atom. The summed E-state index contributed by atoms with van der Waals surface area (Å²) in [4.78, 5) is 39.5. The largest absolute Gasteiger partial charge is 0.494 e. The molecule has 4 rings (SSSR count). The summed E-state index contributed by atoms with van der Waals surface area (Å²) in [6.07, 6.45) is 7.62. The van der Waals surface area contributed by atoms with Gasteiger partial charge in [-0.3, -0.25) is 4.99 Å². The van der Waals surface area contributed by atoms with E-state index in [1.54, 1.807) is 42.6 Å². The molecule has 290 valence electrons. The van der Waals surface area contributed by atoms with Gasteiger partial charge in [-0.1, -0.05) is 32.2 Å². The normalized spacial score (nSPS) is 11.5. The highest BCUT2D eigenvalue weighted by Gasteiger charge is 2.10. The summed E-state index contributed by atoms with van der Waals surface area (Å²) in [5.41, 5.74) is 5.48. The number of carbonyl (C=O) groups excluding carboxylic acids is 3. The highest BCUT2D eigenvalue weighted by molar-refractivity contribution is 6.03. The molecule has 0 aliphatic heterocycles. The van der Waals surface area contributed by atoms with Crippen LogP contribution in [0.5, 0.6) is 17.2 Å². The number of rotatable bonds is 22. The molecule has 0 saturated heterocycles. The number of benzene rings is 4. The van der Waals surface area contributed by atoms with Gasteiger partial charge in [0.15, 0.2) is 0 Å². The summed E-state index contributed by atoms with van der Waals surface area (Å²) < 4.78 is 26.9. The van der Waals surface area contributed by atoms with Crippen LogP contribution in [-0.2, 0) is 19.1 Å². The number of carbonyl (C=O) groups is 3. The second-order valence-corrected chi connectivity index (χ2v) is 12.3. The molecule has 0 unspecified atom stereocenters. The van der Waals surface area contributed by atoms with E-state index >= 15 is 0 Å². The van der Waals surface area contributed by atoms with Crippen molar-refractivity contribution >= 4 is 41.2 Å². The van der Waals surface area contributed by atoms with Crippen molar-refractivity contribution in [3.8, 4) is 17.2 Å². The third-order valence-electron chi connectivity index (χ3n) is 8.11. The third kappa shape index (κ3) is 14.7.